The molecule has 0 atom stereocenters. The summed E-state index contributed by atoms with van der Waals surface area (Å²) >= 11 is 1.39. The number of carbonyl (C=O) groups excluding carboxylic acids is 2. The number of rotatable bonds is 6. The van der Waals surface area contributed by atoms with E-state index in [0.29, 0.717) is 11.0 Å². The molecule has 0 aromatic carbocycles. The smallest absolute Gasteiger partial charge is 0.245 e. The van der Waals surface area contributed by atoms with E-state index in [0.717, 1.165) is 19.4 Å². The molecule has 1 aromatic rings. The van der Waals surface area contributed by atoms with Crippen LogP contribution in [-0.4, -0.2) is 34.8 Å². The van der Waals surface area contributed by atoms with E-state index in [4.69, 9.17) is 0 Å². The third kappa shape index (κ3) is 4.29. The molecule has 5 nitrogen and oxygen atoms in total. The molecule has 1 N–H and O–H groups in total. The van der Waals surface area contributed by atoms with E-state index in [1.807, 2.05) is 5.38 Å². The highest BCUT2D eigenvalue weighted by Crippen LogP contribution is 2.32. The van der Waals surface area contributed by atoms with E-state index in [1.165, 1.54) is 43.4 Å². The molecular formula is C16H23N3O2S. The molecule has 120 valence electrons. The molecule has 0 aliphatic heterocycles. The Morgan fingerprint density at radius 2 is 2.00 bits per heavy atom. The van der Waals surface area contributed by atoms with E-state index in [2.05, 4.69) is 10.3 Å². The Labute approximate surface area is 135 Å². The van der Waals surface area contributed by atoms with Crippen molar-refractivity contribution in [1.82, 2.24) is 9.88 Å². The lowest BCUT2D eigenvalue weighted by Gasteiger charge is -2.29. The number of hydrogen-bond donors (Lipinski definition) is 1. The van der Waals surface area contributed by atoms with E-state index >= 15 is 0 Å². The molecular weight excluding hydrogens is 298 g/mol. The summed E-state index contributed by atoms with van der Waals surface area (Å²) in [5.74, 6) is 0.750. The van der Waals surface area contributed by atoms with E-state index in [1.54, 1.807) is 11.1 Å². The van der Waals surface area contributed by atoms with E-state index in [9.17, 15) is 9.59 Å². The quantitative estimate of drug-likeness (QED) is 0.876. The Bertz CT molecular complexity index is 507. The third-order valence-electron chi connectivity index (χ3n) is 4.45. The predicted octanol–water partition coefficient (Wildman–Crippen LogP) is 2.90. The summed E-state index contributed by atoms with van der Waals surface area (Å²) in [7, 11) is 0. The van der Waals surface area contributed by atoms with Gasteiger partial charge in [-0.3, -0.25) is 9.59 Å². The van der Waals surface area contributed by atoms with Gasteiger partial charge in [0.2, 0.25) is 11.8 Å². The first kappa shape index (κ1) is 15.5. The van der Waals surface area contributed by atoms with Gasteiger partial charge in [0.25, 0.3) is 0 Å². The first-order valence-corrected chi connectivity index (χ1v) is 9.08. The Morgan fingerprint density at radius 1 is 1.23 bits per heavy atom. The maximum Gasteiger partial charge on any atom is 0.245 e. The van der Waals surface area contributed by atoms with Gasteiger partial charge in [-0.1, -0.05) is 19.3 Å². The highest BCUT2D eigenvalue weighted by Gasteiger charge is 2.35. The molecule has 0 unspecified atom stereocenters. The van der Waals surface area contributed by atoms with Crippen molar-refractivity contribution >= 4 is 28.3 Å². The Morgan fingerprint density at radius 3 is 2.64 bits per heavy atom. The fraction of sp³-hybridized carbons (Fsp3) is 0.688. The van der Waals surface area contributed by atoms with Crippen molar-refractivity contribution in [3.63, 3.8) is 0 Å². The van der Waals surface area contributed by atoms with Crippen LogP contribution in [0.15, 0.2) is 11.6 Å². The summed E-state index contributed by atoms with van der Waals surface area (Å²) in [5.41, 5.74) is 0. The number of amides is 2. The molecule has 0 saturated heterocycles. The molecule has 2 amide bonds. The van der Waals surface area contributed by atoms with Crippen LogP contribution in [-0.2, 0) is 9.59 Å². The van der Waals surface area contributed by atoms with Gasteiger partial charge in [0.1, 0.15) is 0 Å². The number of carbonyl (C=O) groups is 2. The minimum Gasteiger partial charge on any atom is -0.333 e. The number of thiazole rings is 1. The number of hydrogen-bond acceptors (Lipinski definition) is 4. The average Bonchev–Trinajstić information content (AvgIpc) is 3.25. The van der Waals surface area contributed by atoms with Crippen LogP contribution in [0, 0.1) is 11.8 Å². The molecule has 2 aliphatic rings. The molecule has 3 rings (SSSR count). The highest BCUT2D eigenvalue weighted by molar-refractivity contribution is 7.13. The van der Waals surface area contributed by atoms with Crippen molar-refractivity contribution in [2.24, 2.45) is 11.8 Å². The normalized spacial score (nSPS) is 18.9. The summed E-state index contributed by atoms with van der Waals surface area (Å²) in [6, 6.07) is 0. The zero-order valence-corrected chi connectivity index (χ0v) is 13.6. The molecule has 0 spiro atoms. The van der Waals surface area contributed by atoms with Crippen molar-refractivity contribution < 1.29 is 9.59 Å². The number of aromatic nitrogens is 1. The lowest BCUT2D eigenvalue weighted by atomic mass is 9.89. The molecule has 2 saturated carbocycles. The zero-order chi connectivity index (χ0) is 15.4. The molecule has 2 aliphatic carbocycles. The maximum atomic E-state index is 12.5. The van der Waals surface area contributed by atoms with Crippen molar-refractivity contribution in [3.8, 4) is 0 Å². The van der Waals surface area contributed by atoms with Gasteiger partial charge in [0, 0.05) is 24.0 Å². The van der Waals surface area contributed by atoms with Gasteiger partial charge in [-0.05, 0) is 31.6 Å². The van der Waals surface area contributed by atoms with E-state index in [-0.39, 0.29) is 24.3 Å². The van der Waals surface area contributed by atoms with Crippen LogP contribution in [0.2, 0.25) is 0 Å². The maximum absolute atomic E-state index is 12.5. The Kier molecular flexibility index (Phi) is 5.08. The molecule has 6 heteroatoms. The van der Waals surface area contributed by atoms with E-state index < -0.39 is 0 Å². The van der Waals surface area contributed by atoms with Crippen molar-refractivity contribution in [2.45, 2.75) is 44.9 Å². The second-order valence-corrected chi connectivity index (χ2v) is 7.28. The van der Waals surface area contributed by atoms with Gasteiger partial charge in [0.15, 0.2) is 5.13 Å². The first-order chi connectivity index (χ1) is 10.7. The standard InChI is InChI=1S/C16H23N3O2S/c20-14(18-16-17-8-9-22-16)11-19(15(21)13-6-7-13)10-12-4-2-1-3-5-12/h8-9,12-13H,1-7,10-11H2,(H,17,18,20). The topological polar surface area (TPSA) is 62.3 Å². The summed E-state index contributed by atoms with van der Waals surface area (Å²) in [5, 5.41) is 5.20. The lowest BCUT2D eigenvalue weighted by Crippen LogP contribution is -2.42. The molecule has 1 aromatic heterocycles. The molecule has 22 heavy (non-hydrogen) atoms. The SMILES string of the molecule is O=C(CN(CC1CCCCC1)C(=O)C1CC1)Nc1nccs1. The summed E-state index contributed by atoms with van der Waals surface area (Å²) in [6.45, 7) is 0.895. The first-order valence-electron chi connectivity index (χ1n) is 8.20. The van der Waals surface area contributed by atoms with Gasteiger partial charge in [-0.15, -0.1) is 11.3 Å². The minimum absolute atomic E-state index is 0.139. The zero-order valence-electron chi connectivity index (χ0n) is 12.8. The van der Waals surface area contributed by atoms with Crippen LogP contribution in [0.3, 0.4) is 0 Å². The van der Waals surface area contributed by atoms with Gasteiger partial charge >= 0.3 is 0 Å². The van der Waals surface area contributed by atoms with Gasteiger partial charge in [0.05, 0.1) is 6.54 Å². The average molecular weight is 321 g/mol. The molecule has 2 fully saturated rings. The van der Waals surface area contributed by atoms with Crippen molar-refractivity contribution in [3.05, 3.63) is 11.6 Å². The second kappa shape index (κ2) is 7.22. The van der Waals surface area contributed by atoms with Crippen LogP contribution < -0.4 is 5.32 Å². The van der Waals surface area contributed by atoms with Crippen molar-refractivity contribution in [2.75, 3.05) is 18.4 Å². The number of nitrogens with one attached hydrogen (secondary N) is 1. The fourth-order valence-electron chi connectivity index (χ4n) is 3.12. The van der Waals surface area contributed by atoms with Crippen LogP contribution in [0.25, 0.3) is 0 Å². The fourth-order valence-corrected chi connectivity index (χ4v) is 3.66. The molecule has 0 bridgehead atoms. The second-order valence-electron chi connectivity index (χ2n) is 6.38. The highest BCUT2D eigenvalue weighted by atomic mass is 32.1. The lowest BCUT2D eigenvalue weighted by molar-refractivity contribution is -0.136. The Balaban J connectivity index is 1.57. The van der Waals surface area contributed by atoms with Crippen LogP contribution >= 0.6 is 11.3 Å². The number of nitrogens with zero attached hydrogens (tertiary/aromatic N) is 2. The third-order valence-corrected chi connectivity index (χ3v) is 5.14. The number of anilines is 1. The Hall–Kier alpha value is -1.43. The van der Waals surface area contributed by atoms with Gasteiger partial charge in [-0.2, -0.15) is 0 Å². The molecule has 0 radical (unpaired) electrons. The van der Waals surface area contributed by atoms with Crippen LogP contribution in [0.5, 0.6) is 0 Å². The van der Waals surface area contributed by atoms with Crippen LogP contribution in [0.4, 0.5) is 5.13 Å². The van der Waals surface area contributed by atoms with Gasteiger partial charge in [-0.25, -0.2) is 4.98 Å². The summed E-state index contributed by atoms with van der Waals surface area (Å²) in [4.78, 5) is 30.5. The van der Waals surface area contributed by atoms with Gasteiger partial charge < -0.3 is 10.2 Å². The predicted molar refractivity (Wildman–Crippen MR) is 86.6 cm³/mol. The van der Waals surface area contributed by atoms with Crippen molar-refractivity contribution in [1.29, 1.82) is 0 Å². The monoisotopic (exact) mass is 321 g/mol. The summed E-state index contributed by atoms with van der Waals surface area (Å²) in [6.07, 6.45) is 9.79. The largest absolute Gasteiger partial charge is 0.333 e. The van der Waals surface area contributed by atoms with Crippen LogP contribution in [0.1, 0.15) is 44.9 Å². The minimum atomic E-state index is -0.139. The summed E-state index contributed by atoms with van der Waals surface area (Å²) < 4.78 is 0. The molecule has 1 heterocycles.